The van der Waals surface area contributed by atoms with Crippen LogP contribution >= 0.6 is 23.1 Å². The Bertz CT molecular complexity index is 759. The van der Waals surface area contributed by atoms with Gasteiger partial charge >= 0.3 is 0 Å². The third kappa shape index (κ3) is 6.27. The number of amides is 1. The van der Waals surface area contributed by atoms with Gasteiger partial charge in [-0.3, -0.25) is 9.59 Å². The summed E-state index contributed by atoms with van der Waals surface area (Å²) in [6.07, 6.45) is 2.49. The zero-order valence-corrected chi connectivity index (χ0v) is 16.5. The summed E-state index contributed by atoms with van der Waals surface area (Å²) in [4.78, 5) is 23.5. The van der Waals surface area contributed by atoms with Crippen molar-refractivity contribution in [3.63, 3.8) is 0 Å². The quantitative estimate of drug-likeness (QED) is 0.368. The maximum Gasteiger partial charge on any atom is 0.216 e. The Morgan fingerprint density at radius 1 is 1.31 bits per heavy atom. The summed E-state index contributed by atoms with van der Waals surface area (Å²) in [6.45, 7) is 8.23. The minimum absolute atomic E-state index is 0.0397. The molecular formula is C18H22N4O2S2. The van der Waals surface area contributed by atoms with E-state index in [4.69, 9.17) is 0 Å². The van der Waals surface area contributed by atoms with Crippen molar-refractivity contribution in [1.29, 1.82) is 0 Å². The van der Waals surface area contributed by atoms with E-state index in [9.17, 15) is 9.59 Å². The first kappa shape index (κ1) is 20.1. The highest BCUT2D eigenvalue weighted by atomic mass is 32.2. The highest BCUT2D eigenvalue weighted by Gasteiger charge is 2.18. The monoisotopic (exact) mass is 390 g/mol. The largest absolute Gasteiger partial charge is 0.357 e. The van der Waals surface area contributed by atoms with Crippen LogP contribution in [0, 0.1) is 0 Å². The minimum atomic E-state index is -0.250. The van der Waals surface area contributed by atoms with E-state index in [0.29, 0.717) is 18.7 Å². The molecule has 1 heterocycles. The summed E-state index contributed by atoms with van der Waals surface area (Å²) in [5.41, 5.74) is 1.75. The first-order valence-electron chi connectivity index (χ1n) is 8.22. The number of carbonyl (C=O) groups excluding carboxylic acids is 2. The van der Waals surface area contributed by atoms with Gasteiger partial charge in [0.15, 0.2) is 10.1 Å². The van der Waals surface area contributed by atoms with E-state index in [2.05, 4.69) is 27.4 Å². The van der Waals surface area contributed by atoms with Gasteiger partial charge in [-0.1, -0.05) is 53.4 Å². The molecule has 0 aliphatic heterocycles. The van der Waals surface area contributed by atoms with E-state index in [1.807, 2.05) is 31.2 Å². The van der Waals surface area contributed by atoms with Crippen molar-refractivity contribution in [1.82, 2.24) is 15.5 Å². The molecular weight excluding hydrogens is 368 g/mol. The van der Waals surface area contributed by atoms with Gasteiger partial charge in [0.25, 0.3) is 0 Å². The smallest absolute Gasteiger partial charge is 0.216 e. The number of hydrogen-bond donors (Lipinski definition) is 2. The Morgan fingerprint density at radius 2 is 2.04 bits per heavy atom. The number of nitrogens with one attached hydrogen (secondary N) is 2. The molecule has 6 nitrogen and oxygen atoms in total. The number of hydrogen-bond acceptors (Lipinski definition) is 7. The number of anilines is 1. The standard InChI is InChI=1S/C18H22N4O2S2/c1-4-10-20-17-21-22-18(26-17)25-12(2)16(24)15-7-5-14(6-8-15)9-11-19-13(3)23/h4-8,12H,1,9-11H2,2-3H3,(H,19,23)(H,20,21). The lowest BCUT2D eigenvalue weighted by atomic mass is 10.0. The van der Waals surface area contributed by atoms with Gasteiger partial charge in [0.05, 0.1) is 5.25 Å². The van der Waals surface area contributed by atoms with Crippen molar-refractivity contribution in [3.8, 4) is 0 Å². The van der Waals surface area contributed by atoms with E-state index >= 15 is 0 Å². The second-order valence-corrected chi connectivity index (χ2v) is 8.16. The molecule has 2 aromatic rings. The summed E-state index contributed by atoms with van der Waals surface area (Å²) in [5, 5.41) is 14.4. The van der Waals surface area contributed by atoms with Crippen LogP contribution in [0.3, 0.4) is 0 Å². The molecule has 0 fully saturated rings. The van der Waals surface area contributed by atoms with E-state index in [1.165, 1.54) is 30.0 Å². The van der Waals surface area contributed by atoms with E-state index in [0.717, 1.165) is 21.5 Å². The Kier molecular flexibility index (Phi) is 7.80. The number of ketones is 1. The maximum atomic E-state index is 12.6. The molecule has 1 atom stereocenters. The molecule has 1 unspecified atom stereocenters. The summed E-state index contributed by atoms with van der Waals surface area (Å²) < 4.78 is 0.754. The molecule has 8 heteroatoms. The normalized spacial score (nSPS) is 11.6. The van der Waals surface area contributed by atoms with Gasteiger partial charge in [-0.2, -0.15) is 0 Å². The van der Waals surface area contributed by atoms with Crippen molar-refractivity contribution in [2.45, 2.75) is 29.9 Å². The fourth-order valence-corrected chi connectivity index (χ4v) is 4.13. The number of rotatable bonds is 10. The Morgan fingerprint density at radius 3 is 2.69 bits per heavy atom. The predicted octanol–water partition coefficient (Wildman–Crippen LogP) is 3.18. The van der Waals surface area contributed by atoms with Crippen LogP contribution < -0.4 is 10.6 Å². The summed E-state index contributed by atoms with van der Waals surface area (Å²) in [7, 11) is 0. The fourth-order valence-electron chi connectivity index (χ4n) is 2.15. The van der Waals surface area contributed by atoms with Crippen molar-refractivity contribution < 1.29 is 9.59 Å². The second-order valence-electron chi connectivity index (χ2n) is 5.60. The van der Waals surface area contributed by atoms with Gasteiger partial charge < -0.3 is 10.6 Å². The van der Waals surface area contributed by atoms with Crippen molar-refractivity contribution in [3.05, 3.63) is 48.0 Å². The van der Waals surface area contributed by atoms with Gasteiger partial charge in [-0.25, -0.2) is 0 Å². The third-order valence-corrected chi connectivity index (χ3v) is 5.54. The van der Waals surface area contributed by atoms with E-state index in [-0.39, 0.29) is 16.9 Å². The molecule has 1 aromatic carbocycles. The molecule has 1 amide bonds. The van der Waals surface area contributed by atoms with Gasteiger partial charge in [0.2, 0.25) is 11.0 Å². The first-order chi connectivity index (χ1) is 12.5. The summed E-state index contributed by atoms with van der Waals surface area (Å²) in [6, 6.07) is 7.52. The number of Topliss-reactive ketones (excluding diaryl/α,β-unsaturated/α-hetero) is 1. The summed E-state index contributed by atoms with van der Waals surface area (Å²) >= 11 is 2.83. The predicted molar refractivity (Wildman–Crippen MR) is 107 cm³/mol. The molecule has 0 aliphatic rings. The highest BCUT2D eigenvalue weighted by Crippen LogP contribution is 2.30. The average Bonchev–Trinajstić information content (AvgIpc) is 3.07. The van der Waals surface area contributed by atoms with Gasteiger partial charge in [0, 0.05) is 25.6 Å². The van der Waals surface area contributed by atoms with Crippen LogP contribution in [0.25, 0.3) is 0 Å². The van der Waals surface area contributed by atoms with Crippen molar-refractivity contribution >= 4 is 39.9 Å². The Balaban J connectivity index is 1.89. The molecule has 2 N–H and O–H groups in total. The van der Waals surface area contributed by atoms with Crippen molar-refractivity contribution in [2.24, 2.45) is 0 Å². The lowest BCUT2D eigenvalue weighted by Gasteiger charge is -2.09. The summed E-state index contributed by atoms with van der Waals surface area (Å²) in [5.74, 6) is 0.0152. The van der Waals surface area contributed by atoms with Crippen LogP contribution in [-0.4, -0.2) is 40.2 Å². The molecule has 0 aliphatic carbocycles. The molecule has 0 spiro atoms. The van der Waals surface area contributed by atoms with E-state index in [1.54, 1.807) is 6.08 Å². The topological polar surface area (TPSA) is 84.0 Å². The first-order valence-corrected chi connectivity index (χ1v) is 9.91. The SMILES string of the molecule is C=CCNc1nnc(SC(C)C(=O)c2ccc(CCNC(C)=O)cc2)s1. The Labute approximate surface area is 161 Å². The molecule has 2 rings (SSSR count). The third-order valence-electron chi connectivity index (χ3n) is 3.48. The molecule has 1 aromatic heterocycles. The van der Waals surface area contributed by atoms with E-state index < -0.39 is 0 Å². The number of nitrogens with zero attached hydrogens (tertiary/aromatic N) is 2. The van der Waals surface area contributed by atoms with Crippen LogP contribution in [0.15, 0.2) is 41.3 Å². The van der Waals surface area contributed by atoms with Gasteiger partial charge in [-0.15, -0.1) is 16.8 Å². The molecule has 0 bridgehead atoms. The number of aromatic nitrogens is 2. The van der Waals surface area contributed by atoms with Gasteiger partial charge in [-0.05, 0) is 18.9 Å². The molecule has 0 saturated carbocycles. The highest BCUT2D eigenvalue weighted by molar-refractivity contribution is 8.02. The van der Waals surface area contributed by atoms with Crippen LogP contribution in [0.5, 0.6) is 0 Å². The fraction of sp³-hybridized carbons (Fsp3) is 0.333. The number of carbonyl (C=O) groups is 2. The molecule has 138 valence electrons. The van der Waals surface area contributed by atoms with Crippen LogP contribution in [0.2, 0.25) is 0 Å². The zero-order chi connectivity index (χ0) is 18.9. The lowest BCUT2D eigenvalue weighted by Crippen LogP contribution is -2.22. The second kappa shape index (κ2) is 10.1. The molecule has 26 heavy (non-hydrogen) atoms. The average molecular weight is 391 g/mol. The molecule has 0 saturated heterocycles. The van der Waals surface area contributed by atoms with Crippen LogP contribution in [0.1, 0.15) is 29.8 Å². The zero-order valence-electron chi connectivity index (χ0n) is 14.8. The Hall–Kier alpha value is -2.19. The lowest BCUT2D eigenvalue weighted by molar-refractivity contribution is -0.118. The molecule has 0 radical (unpaired) electrons. The number of benzene rings is 1. The van der Waals surface area contributed by atoms with Gasteiger partial charge in [0.1, 0.15) is 0 Å². The maximum absolute atomic E-state index is 12.6. The van der Waals surface area contributed by atoms with Crippen molar-refractivity contribution in [2.75, 3.05) is 18.4 Å². The van der Waals surface area contributed by atoms with Crippen LogP contribution in [0.4, 0.5) is 5.13 Å². The van der Waals surface area contributed by atoms with Crippen LogP contribution in [-0.2, 0) is 11.2 Å². The minimum Gasteiger partial charge on any atom is -0.357 e. The number of thioether (sulfide) groups is 1.